The molecular formula is C12H16N2O4S. The molecule has 1 aromatic rings. The largest absolute Gasteiger partial charge is 0.376 e. The van der Waals surface area contributed by atoms with Crippen LogP contribution >= 0.6 is 0 Å². The number of nitro benzene ring substituents is 1. The lowest BCUT2D eigenvalue weighted by Gasteiger charge is -2.06. The number of hydrogen-bond donors (Lipinski definition) is 1. The van der Waals surface area contributed by atoms with E-state index in [1.807, 2.05) is 19.9 Å². The van der Waals surface area contributed by atoms with Gasteiger partial charge in [-0.25, -0.2) is 8.42 Å². The Morgan fingerprint density at radius 2 is 2.05 bits per heavy atom. The summed E-state index contributed by atoms with van der Waals surface area (Å²) in [6.45, 7) is 4.28. The molecule has 0 aliphatic carbocycles. The zero-order valence-corrected chi connectivity index (χ0v) is 11.8. The molecule has 0 aliphatic heterocycles. The van der Waals surface area contributed by atoms with Crippen molar-refractivity contribution in [1.29, 1.82) is 0 Å². The summed E-state index contributed by atoms with van der Waals surface area (Å²) in [7, 11) is -3.45. The quantitative estimate of drug-likeness (QED) is 0.509. The van der Waals surface area contributed by atoms with Gasteiger partial charge in [-0.05, 0) is 26.0 Å². The normalized spacial score (nSPS) is 10.9. The Hall–Kier alpha value is -1.89. The molecule has 0 aliphatic rings. The Balaban J connectivity index is 3.13. The van der Waals surface area contributed by atoms with Gasteiger partial charge in [0.25, 0.3) is 5.69 Å². The number of sulfone groups is 1. The number of hydrogen-bond acceptors (Lipinski definition) is 5. The highest BCUT2D eigenvalue weighted by Crippen LogP contribution is 2.27. The van der Waals surface area contributed by atoms with Gasteiger partial charge in [-0.3, -0.25) is 10.1 Å². The molecule has 1 aromatic carbocycles. The molecule has 0 unspecified atom stereocenters. The standard InChI is InChI=1S/C12H16N2O4S/c1-9(2)6-7-13-11-5-4-10(19(3,17)18)8-12(11)14(15)16/h4-6,8,13H,7H2,1-3H3. The van der Waals surface area contributed by atoms with Crippen LogP contribution in [0.4, 0.5) is 11.4 Å². The molecule has 0 radical (unpaired) electrons. The van der Waals surface area contributed by atoms with E-state index >= 15 is 0 Å². The van der Waals surface area contributed by atoms with E-state index in [-0.39, 0.29) is 10.6 Å². The average Bonchev–Trinajstić information content (AvgIpc) is 2.27. The minimum atomic E-state index is -3.45. The fourth-order valence-corrected chi connectivity index (χ4v) is 2.05. The van der Waals surface area contributed by atoms with Gasteiger partial charge in [0.15, 0.2) is 9.84 Å². The highest BCUT2D eigenvalue weighted by atomic mass is 32.2. The summed E-state index contributed by atoms with van der Waals surface area (Å²) in [5.41, 5.74) is 1.14. The van der Waals surface area contributed by atoms with Gasteiger partial charge in [0.1, 0.15) is 5.69 Å². The van der Waals surface area contributed by atoms with Crippen molar-refractivity contribution in [1.82, 2.24) is 0 Å². The predicted molar refractivity (Wildman–Crippen MR) is 74.1 cm³/mol. The molecule has 0 saturated carbocycles. The lowest BCUT2D eigenvalue weighted by molar-refractivity contribution is -0.384. The zero-order chi connectivity index (χ0) is 14.6. The first-order valence-corrected chi connectivity index (χ1v) is 7.46. The second kappa shape index (κ2) is 5.83. The van der Waals surface area contributed by atoms with Crippen molar-refractivity contribution < 1.29 is 13.3 Å². The molecule has 0 aromatic heterocycles. The average molecular weight is 284 g/mol. The Labute approximate surface area is 112 Å². The zero-order valence-electron chi connectivity index (χ0n) is 11.0. The number of allylic oxidation sites excluding steroid dienone is 1. The predicted octanol–water partition coefficient (Wildman–Crippen LogP) is 2.38. The van der Waals surface area contributed by atoms with E-state index in [4.69, 9.17) is 0 Å². The van der Waals surface area contributed by atoms with E-state index in [1.165, 1.54) is 12.1 Å². The molecule has 19 heavy (non-hydrogen) atoms. The minimum Gasteiger partial charge on any atom is -0.376 e. The molecule has 0 bridgehead atoms. The maximum absolute atomic E-state index is 11.4. The van der Waals surface area contributed by atoms with Crippen LogP contribution in [0.5, 0.6) is 0 Å². The fourth-order valence-electron chi connectivity index (χ4n) is 1.41. The van der Waals surface area contributed by atoms with Gasteiger partial charge in [-0.2, -0.15) is 0 Å². The first-order chi connectivity index (χ1) is 8.71. The first-order valence-electron chi connectivity index (χ1n) is 5.57. The monoisotopic (exact) mass is 284 g/mol. The van der Waals surface area contributed by atoms with Crippen molar-refractivity contribution in [3.05, 3.63) is 40.0 Å². The van der Waals surface area contributed by atoms with Crippen LogP contribution in [0, 0.1) is 10.1 Å². The third kappa shape index (κ3) is 4.36. The highest BCUT2D eigenvalue weighted by molar-refractivity contribution is 7.90. The molecule has 0 saturated heterocycles. The maximum Gasteiger partial charge on any atom is 0.293 e. The molecule has 0 heterocycles. The summed E-state index contributed by atoms with van der Waals surface area (Å²) in [6, 6.07) is 3.83. The topological polar surface area (TPSA) is 89.3 Å². The van der Waals surface area contributed by atoms with Crippen molar-refractivity contribution in [3.8, 4) is 0 Å². The molecule has 0 fully saturated rings. The van der Waals surface area contributed by atoms with E-state index < -0.39 is 14.8 Å². The van der Waals surface area contributed by atoms with Crippen molar-refractivity contribution >= 4 is 21.2 Å². The summed E-state index contributed by atoms with van der Waals surface area (Å²) >= 11 is 0. The Morgan fingerprint density at radius 1 is 1.42 bits per heavy atom. The minimum absolute atomic E-state index is 0.0630. The summed E-state index contributed by atoms with van der Waals surface area (Å²) in [4.78, 5) is 10.3. The lowest BCUT2D eigenvalue weighted by Crippen LogP contribution is -2.05. The van der Waals surface area contributed by atoms with Crippen LogP contribution in [0.3, 0.4) is 0 Å². The van der Waals surface area contributed by atoms with E-state index in [9.17, 15) is 18.5 Å². The Bertz CT molecular complexity index is 617. The number of benzene rings is 1. The van der Waals surface area contributed by atoms with Crippen LogP contribution in [-0.2, 0) is 9.84 Å². The molecule has 0 amide bonds. The van der Waals surface area contributed by atoms with E-state index in [1.54, 1.807) is 0 Å². The van der Waals surface area contributed by atoms with Crippen LogP contribution in [0.1, 0.15) is 13.8 Å². The van der Waals surface area contributed by atoms with Gasteiger partial charge >= 0.3 is 0 Å². The third-order valence-corrected chi connectivity index (χ3v) is 3.51. The van der Waals surface area contributed by atoms with Crippen LogP contribution in [-0.4, -0.2) is 26.1 Å². The third-order valence-electron chi connectivity index (χ3n) is 2.40. The van der Waals surface area contributed by atoms with Gasteiger partial charge in [0.2, 0.25) is 0 Å². The summed E-state index contributed by atoms with van der Waals surface area (Å²) in [5, 5.41) is 13.8. The molecule has 1 N–H and O–H groups in total. The van der Waals surface area contributed by atoms with E-state index in [0.29, 0.717) is 12.2 Å². The second-order valence-corrected chi connectivity index (χ2v) is 6.39. The number of rotatable bonds is 5. The second-order valence-electron chi connectivity index (χ2n) is 4.37. The van der Waals surface area contributed by atoms with Crippen molar-refractivity contribution in [2.75, 3.05) is 18.1 Å². The van der Waals surface area contributed by atoms with Gasteiger partial charge in [-0.15, -0.1) is 0 Å². The van der Waals surface area contributed by atoms with Crippen molar-refractivity contribution in [2.24, 2.45) is 0 Å². The van der Waals surface area contributed by atoms with Crippen LogP contribution < -0.4 is 5.32 Å². The molecule has 7 heteroatoms. The Morgan fingerprint density at radius 3 is 2.53 bits per heavy atom. The van der Waals surface area contributed by atoms with Gasteiger partial charge in [0, 0.05) is 18.9 Å². The Kier molecular flexibility index (Phi) is 4.66. The summed E-state index contributed by atoms with van der Waals surface area (Å²) < 4.78 is 22.7. The number of nitro groups is 1. The summed E-state index contributed by atoms with van der Waals surface area (Å²) in [5.74, 6) is 0. The smallest absolute Gasteiger partial charge is 0.293 e. The maximum atomic E-state index is 11.4. The number of nitrogens with zero attached hydrogens (tertiary/aromatic N) is 1. The fraction of sp³-hybridized carbons (Fsp3) is 0.333. The van der Waals surface area contributed by atoms with E-state index in [0.717, 1.165) is 17.9 Å². The molecule has 0 atom stereocenters. The van der Waals surface area contributed by atoms with Gasteiger partial charge in [-0.1, -0.05) is 11.6 Å². The number of anilines is 1. The lowest BCUT2D eigenvalue weighted by atomic mass is 10.2. The van der Waals surface area contributed by atoms with Gasteiger partial charge in [0.05, 0.1) is 9.82 Å². The molecule has 104 valence electrons. The highest BCUT2D eigenvalue weighted by Gasteiger charge is 2.18. The molecule has 6 nitrogen and oxygen atoms in total. The van der Waals surface area contributed by atoms with E-state index in [2.05, 4.69) is 5.32 Å². The van der Waals surface area contributed by atoms with Crippen molar-refractivity contribution in [2.45, 2.75) is 18.7 Å². The summed E-state index contributed by atoms with van der Waals surface area (Å²) in [6.07, 6.45) is 2.90. The number of nitrogens with one attached hydrogen (secondary N) is 1. The van der Waals surface area contributed by atoms with Crippen LogP contribution in [0.2, 0.25) is 0 Å². The molecule has 0 spiro atoms. The molecular weight excluding hydrogens is 268 g/mol. The van der Waals surface area contributed by atoms with Crippen LogP contribution in [0.15, 0.2) is 34.7 Å². The van der Waals surface area contributed by atoms with Gasteiger partial charge < -0.3 is 5.32 Å². The SMILES string of the molecule is CC(C)=CCNc1ccc(S(C)(=O)=O)cc1[N+](=O)[O-]. The molecule has 1 rings (SSSR count). The first kappa shape index (κ1) is 15.2. The van der Waals surface area contributed by atoms with Crippen molar-refractivity contribution in [3.63, 3.8) is 0 Å². The van der Waals surface area contributed by atoms with Crippen LogP contribution in [0.25, 0.3) is 0 Å².